The van der Waals surface area contributed by atoms with Crippen LogP contribution in [0.3, 0.4) is 0 Å². The second-order valence-corrected chi connectivity index (χ2v) is 11.1. The van der Waals surface area contributed by atoms with Crippen molar-refractivity contribution < 1.29 is 28.2 Å². The van der Waals surface area contributed by atoms with Crippen LogP contribution in [-0.2, 0) is 4.79 Å². The van der Waals surface area contributed by atoms with E-state index < -0.39 is 17.7 Å². The molecule has 1 fully saturated rings. The lowest BCUT2D eigenvalue weighted by Gasteiger charge is -2.48. The summed E-state index contributed by atoms with van der Waals surface area (Å²) in [6, 6.07) is 5.24. The third-order valence-electron chi connectivity index (χ3n) is 8.04. The lowest BCUT2D eigenvalue weighted by atomic mass is 9.96. The highest BCUT2D eigenvalue weighted by atomic mass is 19.1. The number of para-hydroxylation sites is 1. The molecule has 0 spiro atoms. The van der Waals surface area contributed by atoms with E-state index in [1.165, 1.54) is 35.2 Å². The number of anilines is 2. The number of halogens is 2. The maximum Gasteiger partial charge on any atom is 0.407 e. The number of aromatic nitrogens is 1. The van der Waals surface area contributed by atoms with E-state index in [-0.39, 0.29) is 48.3 Å². The summed E-state index contributed by atoms with van der Waals surface area (Å²) < 4.78 is 36.4. The number of rotatable bonds is 4. The van der Waals surface area contributed by atoms with Crippen molar-refractivity contribution >= 4 is 29.2 Å². The Balaban J connectivity index is 1.68. The van der Waals surface area contributed by atoms with Crippen molar-refractivity contribution in [3.8, 4) is 5.75 Å². The third-order valence-corrected chi connectivity index (χ3v) is 8.04. The van der Waals surface area contributed by atoms with E-state index in [0.29, 0.717) is 42.5 Å². The number of methoxy groups -OCH3 is 1. The van der Waals surface area contributed by atoms with Gasteiger partial charge in [0.25, 0.3) is 0 Å². The molecule has 0 bridgehead atoms. The summed E-state index contributed by atoms with van der Waals surface area (Å²) in [6.45, 7) is 8.59. The summed E-state index contributed by atoms with van der Waals surface area (Å²) >= 11 is 0. The summed E-state index contributed by atoms with van der Waals surface area (Å²) in [6.07, 6.45) is 0.780. The number of ether oxygens (including phenoxy) is 1. The van der Waals surface area contributed by atoms with Gasteiger partial charge >= 0.3 is 6.09 Å². The zero-order chi connectivity index (χ0) is 30.3. The van der Waals surface area contributed by atoms with Crippen LogP contribution in [0.2, 0.25) is 0 Å². The first kappa shape index (κ1) is 29.1. The average Bonchev–Trinajstić information content (AvgIpc) is 2.96. The SMILES string of the molecule is COc1cccc(F)c1N1CCC2=C(C1)N(c1c(F)ccnc1C(C)C)C(=C=O)N=C2N1C[C@@H](C)N(C(=O)O)C[C@@H]1C. The fourth-order valence-corrected chi connectivity index (χ4v) is 6.02. The molecule has 0 saturated carbocycles. The van der Waals surface area contributed by atoms with Crippen LogP contribution in [0.1, 0.15) is 45.7 Å². The van der Waals surface area contributed by atoms with Crippen molar-refractivity contribution in [1.29, 1.82) is 0 Å². The maximum absolute atomic E-state index is 15.7. The number of nitrogens with zero attached hydrogens (tertiary/aromatic N) is 6. The molecule has 1 aromatic heterocycles. The molecule has 5 rings (SSSR count). The van der Waals surface area contributed by atoms with E-state index in [2.05, 4.69) is 4.98 Å². The van der Waals surface area contributed by atoms with Crippen molar-refractivity contribution in [2.45, 2.75) is 52.1 Å². The molecule has 2 aromatic rings. The Hall–Kier alpha value is -4.44. The van der Waals surface area contributed by atoms with Gasteiger partial charge < -0.3 is 24.5 Å². The highest BCUT2D eigenvalue weighted by Crippen LogP contribution is 2.42. The van der Waals surface area contributed by atoms with E-state index in [9.17, 15) is 14.7 Å². The van der Waals surface area contributed by atoms with Gasteiger partial charge in [-0.2, -0.15) is 0 Å². The fourth-order valence-electron chi connectivity index (χ4n) is 6.02. The number of benzene rings is 1. The van der Waals surface area contributed by atoms with Gasteiger partial charge in [0.15, 0.2) is 11.8 Å². The van der Waals surface area contributed by atoms with Gasteiger partial charge in [-0.15, -0.1) is 0 Å². The van der Waals surface area contributed by atoms with Crippen LogP contribution in [0, 0.1) is 11.6 Å². The minimum atomic E-state index is -1.00. The first-order chi connectivity index (χ1) is 20.1. The smallest absolute Gasteiger partial charge is 0.407 e. The van der Waals surface area contributed by atoms with Crippen molar-refractivity contribution in [3.63, 3.8) is 0 Å². The predicted octanol–water partition coefficient (Wildman–Crippen LogP) is 4.62. The van der Waals surface area contributed by atoms with Gasteiger partial charge in [-0.05, 0) is 44.4 Å². The number of hydrogen-bond acceptors (Lipinski definition) is 8. The number of pyridine rings is 1. The fraction of sp³-hybridized carbons (Fsp3) is 0.433. The van der Waals surface area contributed by atoms with E-state index in [0.717, 1.165) is 5.57 Å². The van der Waals surface area contributed by atoms with Gasteiger partial charge in [0.05, 0.1) is 25.0 Å². The standard InChI is InChI=1S/C30H34F2N6O4/c1-17(2)26-28(22(32)9-11-33-26)38-23-15-35(27-21(31)7-6-8-24(27)42-5)12-10-20(23)29(34-25(38)16-39)36-13-19(4)37(30(40)41)14-18(36)3/h6-9,11,17-19H,10,12-15H2,1-5H3,(H,40,41)/t18-,19+/m0/s1. The van der Waals surface area contributed by atoms with E-state index in [4.69, 9.17) is 9.73 Å². The Kier molecular flexibility index (Phi) is 7.92. The van der Waals surface area contributed by atoms with Crippen LogP contribution < -0.4 is 14.5 Å². The van der Waals surface area contributed by atoms with Crippen LogP contribution >= 0.6 is 0 Å². The third kappa shape index (κ3) is 4.96. The summed E-state index contributed by atoms with van der Waals surface area (Å²) in [5.74, 6) is 1.40. The normalized spacial score (nSPS) is 21.0. The molecule has 10 nitrogen and oxygen atoms in total. The van der Waals surface area contributed by atoms with Crippen LogP contribution in [0.25, 0.3) is 0 Å². The Morgan fingerprint density at radius 3 is 2.52 bits per heavy atom. The molecule has 42 heavy (non-hydrogen) atoms. The average molecular weight is 581 g/mol. The molecule has 12 heteroatoms. The number of hydrogen-bond donors (Lipinski definition) is 1. The number of amides is 1. The molecule has 4 heterocycles. The molecule has 1 aromatic carbocycles. The van der Waals surface area contributed by atoms with Gasteiger partial charge in [0.2, 0.25) is 5.82 Å². The molecule has 3 aliphatic heterocycles. The predicted molar refractivity (Wildman–Crippen MR) is 155 cm³/mol. The topological polar surface area (TPSA) is 102 Å². The van der Waals surface area contributed by atoms with Gasteiger partial charge in [-0.1, -0.05) is 19.9 Å². The van der Waals surface area contributed by atoms with Crippen molar-refractivity contribution in [2.24, 2.45) is 4.99 Å². The van der Waals surface area contributed by atoms with E-state index in [1.807, 2.05) is 43.4 Å². The number of carbonyl (C=O) groups excluding carboxylic acids is 1. The van der Waals surface area contributed by atoms with Crippen molar-refractivity contribution in [1.82, 2.24) is 14.8 Å². The molecule has 1 saturated heterocycles. The molecule has 0 aliphatic carbocycles. The minimum absolute atomic E-state index is 0.0978. The molecule has 0 unspecified atom stereocenters. The monoisotopic (exact) mass is 580 g/mol. The number of carbonyl (C=O) groups is 1. The molecule has 1 N–H and O–H groups in total. The molecule has 0 radical (unpaired) electrons. The number of aliphatic imine (C=N–C) groups is 1. The Morgan fingerprint density at radius 1 is 1.12 bits per heavy atom. The Bertz CT molecular complexity index is 1520. The summed E-state index contributed by atoms with van der Waals surface area (Å²) in [5, 5.41) is 9.67. The van der Waals surface area contributed by atoms with Gasteiger partial charge in [-0.25, -0.2) is 23.4 Å². The lowest BCUT2D eigenvalue weighted by Crippen LogP contribution is -2.60. The first-order valence-electron chi connectivity index (χ1n) is 13.9. The summed E-state index contributed by atoms with van der Waals surface area (Å²) in [7, 11) is 1.47. The maximum atomic E-state index is 15.7. The lowest BCUT2D eigenvalue weighted by molar-refractivity contribution is 0.0748. The molecule has 1 amide bonds. The summed E-state index contributed by atoms with van der Waals surface area (Å²) in [4.78, 5) is 40.2. The molecule has 3 aliphatic rings. The second kappa shape index (κ2) is 11.4. The largest absolute Gasteiger partial charge is 0.494 e. The highest BCUT2D eigenvalue weighted by Gasteiger charge is 2.41. The van der Waals surface area contributed by atoms with Crippen LogP contribution in [0.15, 0.2) is 52.5 Å². The Labute approximate surface area is 243 Å². The number of piperazine rings is 1. The zero-order valence-corrected chi connectivity index (χ0v) is 24.3. The van der Waals surface area contributed by atoms with Gasteiger partial charge in [-0.3, -0.25) is 9.88 Å². The number of amidine groups is 1. The van der Waals surface area contributed by atoms with Crippen LogP contribution in [0.5, 0.6) is 5.75 Å². The quantitative estimate of drug-likeness (QED) is 0.523. The molecule has 222 valence electrons. The van der Waals surface area contributed by atoms with E-state index >= 15 is 8.78 Å². The minimum Gasteiger partial charge on any atom is -0.494 e. The highest BCUT2D eigenvalue weighted by molar-refractivity contribution is 6.04. The van der Waals surface area contributed by atoms with Crippen LogP contribution in [-0.4, -0.2) is 83.1 Å². The second-order valence-electron chi connectivity index (χ2n) is 11.1. The van der Waals surface area contributed by atoms with Crippen molar-refractivity contribution in [2.75, 3.05) is 43.1 Å². The van der Waals surface area contributed by atoms with Crippen molar-refractivity contribution in [3.05, 3.63) is 64.9 Å². The molecular formula is C30H34F2N6O4. The summed E-state index contributed by atoms with van der Waals surface area (Å²) in [5.41, 5.74) is 2.11. The number of carboxylic acid groups (broad SMARTS) is 1. The zero-order valence-electron chi connectivity index (χ0n) is 24.3. The van der Waals surface area contributed by atoms with Gasteiger partial charge in [0.1, 0.15) is 28.8 Å². The van der Waals surface area contributed by atoms with Crippen LogP contribution in [0.4, 0.5) is 25.0 Å². The first-order valence-corrected chi connectivity index (χ1v) is 13.9. The van der Waals surface area contributed by atoms with E-state index in [1.54, 1.807) is 12.1 Å². The molecule has 2 atom stereocenters. The molecular weight excluding hydrogens is 546 g/mol. The van der Waals surface area contributed by atoms with Gasteiger partial charge in [0, 0.05) is 43.5 Å². The Morgan fingerprint density at radius 2 is 1.86 bits per heavy atom.